The molecule has 0 atom stereocenters. The molecule has 6 heteroatoms. The average molecular weight is 234 g/mol. The smallest absolute Gasteiger partial charge is 0.417 e. The van der Waals surface area contributed by atoms with Gasteiger partial charge in [-0.25, -0.2) is 9.18 Å². The maximum Gasteiger partial charge on any atom is 0.417 e. The molecule has 1 N–H and O–H groups in total. The van der Waals surface area contributed by atoms with Crippen LogP contribution in [0.15, 0.2) is 24.8 Å². The van der Waals surface area contributed by atoms with Gasteiger partial charge in [-0.15, -0.1) is 0 Å². The van der Waals surface area contributed by atoms with Gasteiger partial charge in [0, 0.05) is 5.56 Å². The van der Waals surface area contributed by atoms with Crippen LogP contribution >= 0.6 is 0 Å². The number of rotatable bonds is 2. The second-order valence-electron chi connectivity index (χ2n) is 2.97. The third-order valence-corrected chi connectivity index (χ3v) is 1.87. The van der Waals surface area contributed by atoms with Crippen molar-refractivity contribution in [3.05, 3.63) is 41.5 Å². The number of carboxylic acid groups (broad SMARTS) is 1. The fraction of sp³-hybridized carbons (Fsp3) is 0.100. The van der Waals surface area contributed by atoms with Crippen molar-refractivity contribution in [3.63, 3.8) is 0 Å². The standard InChI is InChI=1S/C10H6F4O2/c1-5(11)6-2-3-7(9(15)16)8(4-6)10(12,13)14/h2-4H,1H2,(H,15,16). The van der Waals surface area contributed by atoms with E-state index in [0.29, 0.717) is 12.1 Å². The zero-order valence-corrected chi connectivity index (χ0v) is 7.81. The molecule has 16 heavy (non-hydrogen) atoms. The van der Waals surface area contributed by atoms with E-state index in [1.54, 1.807) is 0 Å². The van der Waals surface area contributed by atoms with Crippen molar-refractivity contribution in [1.29, 1.82) is 0 Å². The zero-order chi connectivity index (χ0) is 12.5. The number of hydrogen-bond acceptors (Lipinski definition) is 1. The molecule has 1 aromatic rings. The van der Waals surface area contributed by atoms with Crippen molar-refractivity contribution in [2.75, 3.05) is 0 Å². The Bertz CT molecular complexity index is 449. The summed E-state index contributed by atoms with van der Waals surface area (Å²) in [5.41, 5.74) is -2.70. The van der Waals surface area contributed by atoms with Crippen molar-refractivity contribution in [2.45, 2.75) is 6.18 Å². The maximum absolute atomic E-state index is 12.6. The largest absolute Gasteiger partial charge is 0.478 e. The molecule has 0 aliphatic heterocycles. The van der Waals surface area contributed by atoms with E-state index in [1.807, 2.05) is 0 Å². The lowest BCUT2D eigenvalue weighted by Crippen LogP contribution is -2.13. The second kappa shape index (κ2) is 3.96. The van der Waals surface area contributed by atoms with Crippen LogP contribution in [0, 0.1) is 0 Å². The van der Waals surface area contributed by atoms with Crippen LogP contribution in [0.4, 0.5) is 17.6 Å². The van der Waals surface area contributed by atoms with Crippen LogP contribution in [0.25, 0.3) is 5.83 Å². The van der Waals surface area contributed by atoms with Crippen LogP contribution < -0.4 is 0 Å². The van der Waals surface area contributed by atoms with E-state index < -0.39 is 34.7 Å². The van der Waals surface area contributed by atoms with E-state index in [9.17, 15) is 22.4 Å². The van der Waals surface area contributed by atoms with Crippen molar-refractivity contribution >= 4 is 11.8 Å². The molecular formula is C10H6F4O2. The van der Waals surface area contributed by atoms with E-state index in [0.717, 1.165) is 6.07 Å². The number of carbonyl (C=O) groups is 1. The summed E-state index contributed by atoms with van der Waals surface area (Å²) < 4.78 is 49.9. The lowest BCUT2D eigenvalue weighted by Gasteiger charge is -2.11. The fourth-order valence-electron chi connectivity index (χ4n) is 1.13. The Morgan fingerprint density at radius 3 is 2.25 bits per heavy atom. The molecule has 0 bridgehead atoms. The van der Waals surface area contributed by atoms with Gasteiger partial charge in [-0.05, 0) is 12.1 Å². The summed E-state index contributed by atoms with van der Waals surface area (Å²) in [6.45, 7) is 2.84. The van der Waals surface area contributed by atoms with Crippen LogP contribution in [0.2, 0.25) is 0 Å². The van der Waals surface area contributed by atoms with Crippen molar-refractivity contribution in [2.24, 2.45) is 0 Å². The summed E-state index contributed by atoms with van der Waals surface area (Å²) in [6.07, 6.45) is -4.85. The van der Waals surface area contributed by atoms with E-state index in [2.05, 4.69) is 6.58 Å². The quantitative estimate of drug-likeness (QED) is 0.797. The topological polar surface area (TPSA) is 37.3 Å². The van der Waals surface area contributed by atoms with Crippen LogP contribution in [-0.2, 0) is 6.18 Å². The minimum absolute atomic E-state index is 0.391. The first kappa shape index (κ1) is 12.2. The van der Waals surface area contributed by atoms with E-state index in [-0.39, 0.29) is 0 Å². The van der Waals surface area contributed by atoms with Crippen LogP contribution in [-0.4, -0.2) is 11.1 Å². The minimum atomic E-state index is -4.85. The highest BCUT2D eigenvalue weighted by molar-refractivity contribution is 5.90. The first-order valence-electron chi connectivity index (χ1n) is 4.03. The molecule has 0 radical (unpaired) electrons. The molecular weight excluding hydrogens is 228 g/mol. The number of benzene rings is 1. The molecule has 2 nitrogen and oxygen atoms in total. The number of aromatic carboxylic acids is 1. The fourth-order valence-corrected chi connectivity index (χ4v) is 1.13. The molecule has 0 unspecified atom stereocenters. The van der Waals surface area contributed by atoms with Gasteiger partial charge in [-0.3, -0.25) is 0 Å². The summed E-state index contributed by atoms with van der Waals surface area (Å²) in [5.74, 6) is -2.77. The lowest BCUT2D eigenvalue weighted by molar-refractivity contribution is -0.138. The Labute approximate surface area is 87.8 Å². The summed E-state index contributed by atoms with van der Waals surface area (Å²) in [5, 5.41) is 8.54. The molecule has 0 aliphatic rings. The molecule has 0 aromatic heterocycles. The Balaban J connectivity index is 3.45. The minimum Gasteiger partial charge on any atom is -0.478 e. The molecule has 0 saturated heterocycles. The van der Waals surface area contributed by atoms with Crippen molar-refractivity contribution in [1.82, 2.24) is 0 Å². The Hall–Kier alpha value is -1.85. The Kier molecular flexibility index (Phi) is 3.02. The second-order valence-corrected chi connectivity index (χ2v) is 2.97. The molecule has 0 spiro atoms. The summed E-state index contributed by atoms with van der Waals surface area (Å²) in [7, 11) is 0. The Morgan fingerprint density at radius 2 is 1.88 bits per heavy atom. The van der Waals surface area contributed by atoms with Gasteiger partial charge in [0.25, 0.3) is 0 Å². The summed E-state index contributed by atoms with van der Waals surface area (Å²) in [6, 6.07) is 2.05. The van der Waals surface area contributed by atoms with E-state index in [1.165, 1.54) is 0 Å². The predicted octanol–water partition coefficient (Wildman–Crippen LogP) is 3.34. The zero-order valence-electron chi connectivity index (χ0n) is 7.81. The first-order chi connectivity index (χ1) is 7.23. The predicted molar refractivity (Wildman–Crippen MR) is 48.5 cm³/mol. The molecule has 0 aliphatic carbocycles. The van der Waals surface area contributed by atoms with Gasteiger partial charge in [0.05, 0.1) is 11.1 Å². The molecule has 1 rings (SSSR count). The highest BCUT2D eigenvalue weighted by Gasteiger charge is 2.35. The number of carboxylic acids is 1. The third kappa shape index (κ3) is 2.39. The summed E-state index contributed by atoms with van der Waals surface area (Å²) >= 11 is 0. The van der Waals surface area contributed by atoms with Gasteiger partial charge >= 0.3 is 12.1 Å². The molecule has 0 amide bonds. The van der Waals surface area contributed by atoms with Gasteiger partial charge < -0.3 is 5.11 Å². The van der Waals surface area contributed by atoms with Crippen molar-refractivity contribution in [3.8, 4) is 0 Å². The molecule has 1 aromatic carbocycles. The van der Waals surface area contributed by atoms with Gasteiger partial charge in [0.1, 0.15) is 5.83 Å². The molecule has 86 valence electrons. The van der Waals surface area contributed by atoms with Gasteiger partial charge in [-0.2, -0.15) is 13.2 Å². The monoisotopic (exact) mass is 234 g/mol. The number of halogens is 4. The lowest BCUT2D eigenvalue weighted by atomic mass is 10.0. The van der Waals surface area contributed by atoms with Gasteiger partial charge in [-0.1, -0.05) is 12.6 Å². The maximum atomic E-state index is 12.6. The number of alkyl halides is 3. The van der Waals surface area contributed by atoms with E-state index >= 15 is 0 Å². The first-order valence-corrected chi connectivity index (χ1v) is 4.03. The molecule has 0 heterocycles. The normalized spacial score (nSPS) is 11.2. The van der Waals surface area contributed by atoms with Crippen molar-refractivity contribution < 1.29 is 27.5 Å². The number of hydrogen-bond donors (Lipinski definition) is 1. The van der Waals surface area contributed by atoms with Crippen LogP contribution in [0.1, 0.15) is 21.5 Å². The van der Waals surface area contributed by atoms with Gasteiger partial charge in [0.2, 0.25) is 0 Å². The van der Waals surface area contributed by atoms with E-state index in [4.69, 9.17) is 5.11 Å². The third-order valence-electron chi connectivity index (χ3n) is 1.87. The van der Waals surface area contributed by atoms with Crippen LogP contribution in [0.5, 0.6) is 0 Å². The van der Waals surface area contributed by atoms with Crippen LogP contribution in [0.3, 0.4) is 0 Å². The van der Waals surface area contributed by atoms with Gasteiger partial charge in [0.15, 0.2) is 0 Å². The molecule has 0 saturated carbocycles. The Morgan fingerprint density at radius 1 is 1.31 bits per heavy atom. The summed E-state index contributed by atoms with van der Waals surface area (Å²) in [4.78, 5) is 10.5. The average Bonchev–Trinajstić information content (AvgIpc) is 2.15. The molecule has 0 fully saturated rings. The highest BCUT2D eigenvalue weighted by Crippen LogP contribution is 2.33. The SMILES string of the molecule is C=C(F)c1ccc(C(=O)O)c(C(F)(F)F)c1. The highest BCUT2D eigenvalue weighted by atomic mass is 19.4.